The molecule has 33 heavy (non-hydrogen) atoms. The predicted octanol–water partition coefficient (Wildman–Crippen LogP) is 3.31. The highest BCUT2D eigenvalue weighted by Crippen LogP contribution is 2.33. The first-order valence-corrected chi connectivity index (χ1v) is 9.98. The highest BCUT2D eigenvalue weighted by atomic mass is 19.1. The zero-order valence-electron chi connectivity index (χ0n) is 17.2. The number of anilines is 3. The fourth-order valence-corrected chi connectivity index (χ4v) is 3.36. The lowest BCUT2D eigenvalue weighted by atomic mass is 10.1. The van der Waals surface area contributed by atoms with Crippen molar-refractivity contribution in [3.8, 4) is 0 Å². The summed E-state index contributed by atoms with van der Waals surface area (Å²) in [5.41, 5.74) is -1.52. The van der Waals surface area contributed by atoms with Gasteiger partial charge in [0, 0.05) is 23.5 Å². The Morgan fingerprint density at radius 3 is 2.03 bits per heavy atom. The number of rotatable bonds is 6. The van der Waals surface area contributed by atoms with E-state index in [1.54, 1.807) is 66.7 Å². The second-order valence-corrected chi connectivity index (χ2v) is 7.05. The second kappa shape index (κ2) is 9.23. The normalized spacial score (nSPS) is 10.6. The molecule has 0 atom stereocenters. The maximum atomic E-state index is 14.0. The van der Waals surface area contributed by atoms with Gasteiger partial charge in [-0.1, -0.05) is 59.3 Å². The van der Waals surface area contributed by atoms with Gasteiger partial charge in [-0.25, -0.2) is 9.18 Å². The molecule has 166 valence electrons. The van der Waals surface area contributed by atoms with Gasteiger partial charge in [0.2, 0.25) is 0 Å². The third-order valence-corrected chi connectivity index (χ3v) is 4.94. The first-order chi connectivity index (χ1) is 16.0. The van der Waals surface area contributed by atoms with Gasteiger partial charge < -0.3 is 10.5 Å². The van der Waals surface area contributed by atoms with Crippen molar-refractivity contribution in [1.82, 2.24) is 15.0 Å². The van der Waals surface area contributed by atoms with E-state index in [0.717, 1.165) is 0 Å². The molecule has 1 heterocycles. The summed E-state index contributed by atoms with van der Waals surface area (Å²) in [5.74, 6) is -1.55. The van der Waals surface area contributed by atoms with E-state index in [1.807, 2.05) is 0 Å². The maximum Gasteiger partial charge on any atom is 0.363 e. The number of halogens is 1. The molecule has 0 spiro atoms. The quantitative estimate of drug-likeness (QED) is 0.394. The van der Waals surface area contributed by atoms with Gasteiger partial charge in [0.05, 0.1) is 0 Å². The maximum absolute atomic E-state index is 14.0. The Morgan fingerprint density at radius 1 is 0.909 bits per heavy atom. The van der Waals surface area contributed by atoms with Gasteiger partial charge >= 0.3 is 11.2 Å². The van der Waals surface area contributed by atoms with Crippen LogP contribution in [0.3, 0.4) is 0 Å². The van der Waals surface area contributed by atoms with Gasteiger partial charge in [0.1, 0.15) is 17.2 Å². The van der Waals surface area contributed by atoms with Crippen LogP contribution in [0, 0.1) is 5.82 Å². The average Bonchev–Trinajstić information content (AvgIpc) is 2.83. The Bertz CT molecular complexity index is 1360. The number of aromatic amines is 1. The number of nitrogens with one attached hydrogen (secondary N) is 2. The number of carbonyl (C=O) groups is 1. The zero-order valence-corrected chi connectivity index (χ0v) is 17.2. The molecule has 0 bridgehead atoms. The Kier molecular flexibility index (Phi) is 6.03. The van der Waals surface area contributed by atoms with E-state index in [1.165, 1.54) is 23.1 Å². The summed E-state index contributed by atoms with van der Waals surface area (Å²) in [6.45, 7) is -0.203. The van der Waals surface area contributed by atoms with Crippen molar-refractivity contribution in [2.24, 2.45) is 0 Å². The Balaban J connectivity index is 1.85. The molecule has 0 radical (unpaired) electrons. The first-order valence-electron chi connectivity index (χ1n) is 9.98. The molecule has 0 unspecified atom stereocenters. The SMILES string of the molecule is O=C(NCc1ccccc1F)c1c(N(c2ccccc2)c2ccccc2)[nH]c(=O)n(O)c1=O. The number of H-pyrrole nitrogens is 1. The summed E-state index contributed by atoms with van der Waals surface area (Å²) < 4.78 is 13.8. The third kappa shape index (κ3) is 4.38. The van der Waals surface area contributed by atoms with E-state index in [9.17, 15) is 24.0 Å². The van der Waals surface area contributed by atoms with Crippen molar-refractivity contribution >= 4 is 23.1 Å². The molecule has 9 heteroatoms. The smallest absolute Gasteiger partial charge is 0.363 e. The average molecular weight is 446 g/mol. The van der Waals surface area contributed by atoms with Crippen molar-refractivity contribution in [1.29, 1.82) is 0 Å². The number of hydrogen-bond acceptors (Lipinski definition) is 5. The van der Waals surface area contributed by atoms with Gasteiger partial charge in [-0.05, 0) is 30.3 Å². The molecule has 1 aromatic heterocycles. The van der Waals surface area contributed by atoms with E-state index in [-0.39, 0.29) is 22.7 Å². The number of para-hydroxylation sites is 2. The molecule has 0 saturated carbocycles. The van der Waals surface area contributed by atoms with Gasteiger partial charge in [-0.2, -0.15) is 0 Å². The molecular weight excluding hydrogens is 427 g/mol. The minimum atomic E-state index is -1.21. The summed E-state index contributed by atoms with van der Waals surface area (Å²) in [4.78, 5) is 42.1. The van der Waals surface area contributed by atoms with Crippen LogP contribution in [-0.4, -0.2) is 20.8 Å². The number of hydrogen-bond donors (Lipinski definition) is 3. The molecule has 4 rings (SSSR count). The van der Waals surface area contributed by atoms with Crippen LogP contribution in [0.2, 0.25) is 0 Å². The van der Waals surface area contributed by atoms with E-state index in [0.29, 0.717) is 11.4 Å². The molecule has 0 aliphatic rings. The summed E-state index contributed by atoms with van der Waals surface area (Å²) in [6, 6.07) is 23.4. The third-order valence-electron chi connectivity index (χ3n) is 4.94. The number of nitrogens with zero attached hydrogens (tertiary/aromatic N) is 2. The summed E-state index contributed by atoms with van der Waals surface area (Å²) in [6.07, 6.45) is 0. The number of carbonyl (C=O) groups excluding carboxylic acids is 1. The molecule has 8 nitrogen and oxygen atoms in total. The highest BCUT2D eigenvalue weighted by molar-refractivity contribution is 6.00. The lowest BCUT2D eigenvalue weighted by Crippen LogP contribution is -2.42. The first kappa shape index (κ1) is 21.6. The van der Waals surface area contributed by atoms with Crippen LogP contribution in [0.15, 0.2) is 94.5 Å². The van der Waals surface area contributed by atoms with Crippen LogP contribution >= 0.6 is 0 Å². The van der Waals surface area contributed by atoms with Gasteiger partial charge in [0.25, 0.3) is 5.91 Å². The van der Waals surface area contributed by atoms with Crippen molar-refractivity contribution in [3.63, 3.8) is 0 Å². The zero-order chi connectivity index (χ0) is 23.4. The number of amides is 1. The Labute approximate surface area is 187 Å². The van der Waals surface area contributed by atoms with Crippen LogP contribution < -0.4 is 21.5 Å². The minimum absolute atomic E-state index is 0.140. The van der Waals surface area contributed by atoms with Crippen LogP contribution in [0.5, 0.6) is 0 Å². The number of aromatic nitrogens is 2. The van der Waals surface area contributed by atoms with Crippen LogP contribution in [-0.2, 0) is 6.54 Å². The monoisotopic (exact) mass is 446 g/mol. The largest absolute Gasteiger partial charge is 0.421 e. The van der Waals surface area contributed by atoms with Crippen molar-refractivity contribution in [2.45, 2.75) is 6.54 Å². The molecule has 0 aliphatic heterocycles. The molecular formula is C24H19FN4O4. The van der Waals surface area contributed by atoms with Crippen molar-refractivity contribution in [2.75, 3.05) is 4.90 Å². The molecule has 4 aromatic rings. The second-order valence-electron chi connectivity index (χ2n) is 7.05. The minimum Gasteiger partial charge on any atom is -0.421 e. The Hall–Kier alpha value is -4.66. The fourth-order valence-electron chi connectivity index (χ4n) is 3.36. The molecule has 1 amide bonds. The highest BCUT2D eigenvalue weighted by Gasteiger charge is 2.26. The van der Waals surface area contributed by atoms with E-state index >= 15 is 0 Å². The lowest BCUT2D eigenvalue weighted by molar-refractivity contribution is 0.0939. The van der Waals surface area contributed by atoms with E-state index in [4.69, 9.17) is 0 Å². The molecule has 0 aliphatic carbocycles. The van der Waals surface area contributed by atoms with E-state index < -0.39 is 28.5 Å². The van der Waals surface area contributed by atoms with Gasteiger partial charge in [-0.3, -0.25) is 19.5 Å². The van der Waals surface area contributed by atoms with E-state index in [2.05, 4.69) is 10.3 Å². The lowest BCUT2D eigenvalue weighted by Gasteiger charge is -2.26. The standard InChI is InChI=1S/C24H19FN4O4/c25-19-14-8-7-9-16(19)15-26-22(30)20-21(27-24(32)29(33)23(20)31)28(17-10-3-1-4-11-17)18-12-5-2-6-13-18/h1-14,33H,15H2,(H,26,30)(H,27,32). The van der Waals surface area contributed by atoms with Crippen molar-refractivity contribution in [3.05, 3.63) is 123 Å². The number of benzene rings is 3. The van der Waals surface area contributed by atoms with Crippen molar-refractivity contribution < 1.29 is 14.4 Å². The van der Waals surface area contributed by atoms with Crippen LogP contribution in [0.4, 0.5) is 21.6 Å². The molecule has 3 N–H and O–H groups in total. The topological polar surface area (TPSA) is 107 Å². The molecule has 0 fully saturated rings. The van der Waals surface area contributed by atoms with Gasteiger partial charge in [-0.15, -0.1) is 0 Å². The fraction of sp³-hybridized carbons (Fsp3) is 0.0417. The Morgan fingerprint density at radius 2 is 1.45 bits per heavy atom. The summed E-state index contributed by atoms with van der Waals surface area (Å²) in [5, 5.41) is 12.4. The summed E-state index contributed by atoms with van der Waals surface area (Å²) in [7, 11) is 0. The van der Waals surface area contributed by atoms with Crippen LogP contribution in [0.1, 0.15) is 15.9 Å². The summed E-state index contributed by atoms with van der Waals surface area (Å²) >= 11 is 0. The van der Waals surface area contributed by atoms with Gasteiger partial charge in [0.15, 0.2) is 0 Å². The molecule has 3 aromatic carbocycles. The predicted molar refractivity (Wildman–Crippen MR) is 121 cm³/mol. The van der Waals surface area contributed by atoms with Crippen LogP contribution in [0.25, 0.3) is 0 Å². The molecule has 0 saturated heterocycles.